The molecule has 1 amide bonds. The van der Waals surface area contributed by atoms with Crippen molar-refractivity contribution in [2.45, 2.75) is 47.9 Å². The molecule has 3 aliphatic rings. The average Bonchev–Trinajstić information content (AvgIpc) is 3.40. The van der Waals surface area contributed by atoms with Crippen molar-refractivity contribution in [1.82, 2.24) is 14.9 Å². The maximum absolute atomic E-state index is 14.3. The Morgan fingerprint density at radius 2 is 1.88 bits per heavy atom. The zero-order chi connectivity index (χ0) is 35.7. The number of hydrogen-bond acceptors (Lipinski definition) is 8. The first kappa shape index (κ1) is 34.6. The lowest BCUT2D eigenvalue weighted by atomic mass is 9.15. The van der Waals surface area contributed by atoms with Crippen molar-refractivity contribution in [3.63, 3.8) is 0 Å². The second-order valence-corrected chi connectivity index (χ2v) is 14.6. The van der Waals surface area contributed by atoms with Crippen LogP contribution < -0.4 is 21.1 Å². The molecule has 7 rings (SSSR count). The van der Waals surface area contributed by atoms with E-state index in [9.17, 15) is 14.4 Å². The number of benzene rings is 1. The van der Waals surface area contributed by atoms with Crippen LogP contribution in [0.15, 0.2) is 53.6 Å². The minimum atomic E-state index is -1.86. The highest BCUT2D eigenvalue weighted by Gasteiger charge is 2.52. The van der Waals surface area contributed by atoms with E-state index in [0.29, 0.717) is 67.1 Å². The van der Waals surface area contributed by atoms with Gasteiger partial charge in [-0.3, -0.25) is 14.4 Å². The summed E-state index contributed by atoms with van der Waals surface area (Å²) in [7, 11) is 40.1. The maximum Gasteiger partial charge on any atom is 0.302 e. The predicted octanol–water partition coefficient (Wildman–Crippen LogP) is 2.16. The van der Waals surface area contributed by atoms with Gasteiger partial charge in [0.05, 0.1) is 57.6 Å². The molecule has 1 aromatic carbocycles. The summed E-state index contributed by atoms with van der Waals surface area (Å²) in [6.07, 6.45) is 4.01. The quantitative estimate of drug-likeness (QED) is 0.230. The number of aromatic nitrogens is 2. The summed E-state index contributed by atoms with van der Waals surface area (Å²) in [4.78, 5) is 46.9. The number of fused-ring (bicyclic) bond motifs is 3. The van der Waals surface area contributed by atoms with E-state index in [4.69, 9.17) is 51.8 Å². The van der Waals surface area contributed by atoms with Gasteiger partial charge in [-0.05, 0) is 53.3 Å². The number of thiophene rings is 1. The smallest absolute Gasteiger partial charge is 0.302 e. The van der Waals surface area contributed by atoms with Gasteiger partial charge in [-0.1, -0.05) is 23.4 Å². The molecule has 2 aliphatic heterocycles. The fourth-order valence-corrected chi connectivity index (χ4v) is 8.45. The van der Waals surface area contributed by atoms with Gasteiger partial charge in [-0.15, -0.1) is 21.8 Å². The molecule has 3 aromatic heterocycles. The Morgan fingerprint density at radius 3 is 2.54 bits per heavy atom. The first-order chi connectivity index (χ1) is 23.6. The number of esters is 1. The van der Waals surface area contributed by atoms with Crippen LogP contribution in [-0.2, 0) is 41.2 Å². The third kappa shape index (κ3) is 5.59. The third-order valence-electron chi connectivity index (χ3n) is 10.1. The summed E-state index contributed by atoms with van der Waals surface area (Å²) in [5.41, 5.74) is 4.82. The predicted molar refractivity (Wildman–Crippen MR) is 201 cm³/mol. The van der Waals surface area contributed by atoms with Crippen molar-refractivity contribution >= 4 is 87.5 Å². The van der Waals surface area contributed by atoms with E-state index in [1.807, 2.05) is 30.5 Å². The number of rotatable bonds is 7. The Balaban J connectivity index is 1.27. The molecule has 1 aliphatic carbocycles. The van der Waals surface area contributed by atoms with Crippen LogP contribution in [-0.4, -0.2) is 88.1 Å². The van der Waals surface area contributed by atoms with E-state index in [-0.39, 0.29) is 31.0 Å². The normalized spacial score (nSPS) is 18.8. The standard InChI is InChI=1S/C34H29B6N5O4S/c1-17(46)49-16-23-21(19-10-24(30(47)44(2)15-19)43-27-7-6-18(14-42-27)20-12-41-13-20)4-3-5-25(23)45-9-8-22-28-26(50-29(22)31(45)48)11-32(35,36)34(39,40)33(28,37)38/h3-7,10,14-15,20,41H,8-9,11-13,16H2,1-2H3,(H,42,43). The number of ether oxygens (including phenoxy) is 1. The summed E-state index contributed by atoms with van der Waals surface area (Å²) in [5.74, 6) is 0.179. The largest absolute Gasteiger partial charge is 0.461 e. The van der Waals surface area contributed by atoms with Gasteiger partial charge in [0, 0.05) is 67.9 Å². The number of aryl methyl sites for hydroxylation is 1. The van der Waals surface area contributed by atoms with Crippen LogP contribution in [0.2, 0.25) is 10.4 Å². The molecule has 12 radical (unpaired) electrons. The first-order valence-corrected chi connectivity index (χ1v) is 17.0. The van der Waals surface area contributed by atoms with Gasteiger partial charge < -0.3 is 24.8 Å². The number of nitrogens with zero attached hydrogens (tertiary/aromatic N) is 3. The molecular weight excluding hydrogens is 639 g/mol. The summed E-state index contributed by atoms with van der Waals surface area (Å²) >= 11 is 1.22. The summed E-state index contributed by atoms with van der Waals surface area (Å²) in [6, 6.07) is 11.1. The van der Waals surface area contributed by atoms with Crippen LogP contribution in [0.5, 0.6) is 0 Å². The lowest BCUT2D eigenvalue weighted by Gasteiger charge is -2.59. The van der Waals surface area contributed by atoms with E-state index in [1.54, 1.807) is 30.3 Å². The molecule has 0 unspecified atom stereocenters. The molecule has 16 heteroatoms. The van der Waals surface area contributed by atoms with Crippen molar-refractivity contribution in [2.24, 2.45) is 7.05 Å². The SMILES string of the molecule is [B]C1([B])Cc2sc3c(c2C([B])([B])C1([B])[B])CCN(c1cccc(-c2cc(Nc4ccc(C5CNC5)cn4)c(=O)n(C)c2)c1COC(C)=O)C3=O. The average molecular weight is 669 g/mol. The minimum absolute atomic E-state index is 0.0877. The lowest BCUT2D eigenvalue weighted by molar-refractivity contribution is -0.142. The van der Waals surface area contributed by atoms with Gasteiger partial charge >= 0.3 is 5.97 Å². The molecule has 1 fully saturated rings. The van der Waals surface area contributed by atoms with Crippen molar-refractivity contribution in [2.75, 3.05) is 29.9 Å². The van der Waals surface area contributed by atoms with Gasteiger partial charge in [0.2, 0.25) is 0 Å². The van der Waals surface area contributed by atoms with Gasteiger partial charge in [0.25, 0.3) is 11.5 Å². The number of hydrogen-bond donors (Lipinski definition) is 2. The van der Waals surface area contributed by atoms with E-state index in [1.165, 1.54) is 22.8 Å². The zero-order valence-corrected chi connectivity index (χ0v) is 28.6. The highest BCUT2D eigenvalue weighted by molar-refractivity contribution is 7.14. The molecule has 0 saturated carbocycles. The van der Waals surface area contributed by atoms with Crippen LogP contribution >= 0.6 is 11.3 Å². The third-order valence-corrected chi connectivity index (χ3v) is 11.3. The van der Waals surface area contributed by atoms with Gasteiger partial charge in [0.15, 0.2) is 0 Å². The molecule has 0 spiro atoms. The van der Waals surface area contributed by atoms with Crippen molar-refractivity contribution in [3.05, 3.63) is 91.2 Å². The number of anilines is 3. The maximum atomic E-state index is 14.3. The van der Waals surface area contributed by atoms with E-state index >= 15 is 0 Å². The van der Waals surface area contributed by atoms with Crippen molar-refractivity contribution in [1.29, 1.82) is 0 Å². The second kappa shape index (κ2) is 12.4. The highest BCUT2D eigenvalue weighted by atomic mass is 32.1. The molecule has 1 saturated heterocycles. The molecule has 4 aromatic rings. The van der Waals surface area contributed by atoms with Crippen LogP contribution in [0.4, 0.5) is 17.2 Å². The fraction of sp³-hybridized carbons (Fsp3) is 0.353. The number of pyridine rings is 2. The Hall–Kier alpha value is -3.89. The zero-order valence-electron chi connectivity index (χ0n) is 27.8. The lowest BCUT2D eigenvalue weighted by Crippen LogP contribution is -2.54. The molecule has 9 nitrogen and oxygen atoms in total. The van der Waals surface area contributed by atoms with Gasteiger partial charge in [-0.25, -0.2) is 4.98 Å². The highest BCUT2D eigenvalue weighted by Crippen LogP contribution is 2.61. The Kier molecular flexibility index (Phi) is 8.57. The van der Waals surface area contributed by atoms with Crippen LogP contribution in [0.1, 0.15) is 49.6 Å². The topological polar surface area (TPSA) is 106 Å². The van der Waals surface area contributed by atoms with Crippen molar-refractivity contribution < 1.29 is 14.3 Å². The fourth-order valence-electron chi connectivity index (χ4n) is 6.97. The number of nitrogens with one attached hydrogen (secondary N) is 2. The van der Waals surface area contributed by atoms with E-state index < -0.39 is 21.6 Å². The van der Waals surface area contributed by atoms with E-state index in [2.05, 4.69) is 15.6 Å². The van der Waals surface area contributed by atoms with Crippen molar-refractivity contribution in [3.8, 4) is 11.1 Å². The van der Waals surface area contributed by atoms with Crippen LogP contribution in [0.3, 0.4) is 0 Å². The molecular formula is C34H29B6N5O4S. The van der Waals surface area contributed by atoms with Gasteiger partial charge in [0.1, 0.15) is 18.1 Å². The Morgan fingerprint density at radius 1 is 1.12 bits per heavy atom. The molecule has 2 N–H and O–H groups in total. The molecule has 0 bridgehead atoms. The summed E-state index contributed by atoms with van der Waals surface area (Å²) < 4.78 is 7.00. The summed E-state index contributed by atoms with van der Waals surface area (Å²) in [5, 5.41) is 1.15. The van der Waals surface area contributed by atoms with Gasteiger partial charge in [-0.2, -0.15) is 0 Å². The number of carbonyl (C=O) groups excluding carboxylic acids is 2. The molecule has 50 heavy (non-hydrogen) atoms. The minimum Gasteiger partial charge on any atom is -0.461 e. The molecule has 0 atom stereocenters. The number of carbonyl (C=O) groups is 2. The Bertz CT molecular complexity index is 2090. The van der Waals surface area contributed by atoms with Crippen LogP contribution in [0, 0.1) is 0 Å². The number of amides is 1. The first-order valence-electron chi connectivity index (χ1n) is 16.2. The Labute approximate surface area is 302 Å². The monoisotopic (exact) mass is 669 g/mol. The second-order valence-electron chi connectivity index (χ2n) is 13.5. The van der Waals surface area contributed by atoms with Crippen LogP contribution in [0.25, 0.3) is 11.1 Å². The summed E-state index contributed by atoms with van der Waals surface area (Å²) in [6.45, 7) is 3.29. The molecule has 5 heterocycles. The van der Waals surface area contributed by atoms with E-state index in [0.717, 1.165) is 18.7 Å². The molecule has 238 valence electrons.